The molecule has 3 N–H and O–H groups in total. The van der Waals surface area contributed by atoms with Gasteiger partial charge in [-0.3, -0.25) is 0 Å². The average molecular weight is 523 g/mol. The zero-order chi connectivity index (χ0) is 25.3. The van der Waals surface area contributed by atoms with E-state index in [0.717, 1.165) is 35.6 Å². The van der Waals surface area contributed by atoms with Gasteiger partial charge in [-0.1, -0.05) is 23.7 Å². The number of nitrogens with two attached hydrogens (primary N) is 1. The van der Waals surface area contributed by atoms with E-state index < -0.39 is 12.1 Å². The maximum Gasteiger partial charge on any atom is 0.490 e. The van der Waals surface area contributed by atoms with Crippen LogP contribution in [0.1, 0.15) is 40.1 Å². The fourth-order valence-electron chi connectivity index (χ4n) is 3.31. The van der Waals surface area contributed by atoms with Crippen LogP contribution in [0, 0.1) is 0 Å². The molecule has 1 unspecified atom stereocenters. The van der Waals surface area contributed by atoms with Crippen LogP contribution in [-0.4, -0.2) is 62.7 Å². The van der Waals surface area contributed by atoms with Crippen LogP contribution >= 0.6 is 22.9 Å². The van der Waals surface area contributed by atoms with Gasteiger partial charge in [0.2, 0.25) is 0 Å². The van der Waals surface area contributed by atoms with Crippen molar-refractivity contribution >= 4 is 39.9 Å². The van der Waals surface area contributed by atoms with E-state index in [1.54, 1.807) is 0 Å². The Morgan fingerprint density at radius 2 is 1.85 bits per heavy atom. The summed E-state index contributed by atoms with van der Waals surface area (Å²) in [5.74, 6) is -3.00. The minimum atomic E-state index is -5.08. The van der Waals surface area contributed by atoms with E-state index in [1.807, 2.05) is 31.2 Å². The van der Waals surface area contributed by atoms with Crippen LogP contribution < -0.4 is 10.6 Å². The Balaban J connectivity index is 0.000000509. The smallest absolute Gasteiger partial charge is 0.475 e. The number of benzene rings is 1. The number of carboxylic acid groups (broad SMARTS) is 1. The van der Waals surface area contributed by atoms with Crippen molar-refractivity contribution in [3.63, 3.8) is 0 Å². The van der Waals surface area contributed by atoms with Gasteiger partial charge in [0.1, 0.15) is 4.88 Å². The highest BCUT2D eigenvalue weighted by Crippen LogP contribution is 2.39. The maximum atomic E-state index is 12.6. The summed E-state index contributed by atoms with van der Waals surface area (Å²) < 4.78 is 42.5. The molecule has 1 aliphatic rings. The molecule has 0 radical (unpaired) electrons. The van der Waals surface area contributed by atoms with Gasteiger partial charge in [-0.2, -0.15) is 13.2 Å². The van der Waals surface area contributed by atoms with Crippen molar-refractivity contribution in [2.45, 2.75) is 25.4 Å². The Morgan fingerprint density at radius 3 is 2.35 bits per heavy atom. The predicted octanol–water partition coefficient (Wildman–Crippen LogP) is 4.53. The lowest BCUT2D eigenvalue weighted by molar-refractivity contribution is -0.192. The Hall–Kier alpha value is -2.34. The second kappa shape index (κ2) is 12.9. The second-order valence-electron chi connectivity index (χ2n) is 7.17. The van der Waals surface area contributed by atoms with Crippen molar-refractivity contribution in [1.29, 1.82) is 0 Å². The molecule has 12 heteroatoms. The Morgan fingerprint density at radius 1 is 1.26 bits per heavy atom. The van der Waals surface area contributed by atoms with Gasteiger partial charge in [0, 0.05) is 24.0 Å². The van der Waals surface area contributed by atoms with Crippen molar-refractivity contribution in [2.75, 3.05) is 44.4 Å². The molecule has 1 atom stereocenters. The number of carbonyl (C=O) groups is 2. The summed E-state index contributed by atoms with van der Waals surface area (Å²) in [4.78, 5) is 24.5. The van der Waals surface area contributed by atoms with Gasteiger partial charge in [0.15, 0.2) is 0 Å². The maximum absolute atomic E-state index is 12.6. The standard InChI is InChI=1S/C20H25ClN2O3S.C2HF3O2/c1-2-26-20(24)19-17(13-18(27-19)23-9-11-25-12-10-23)16(7-8-22)14-3-5-15(21)6-4-14;3-2(4,5)1(6)7/h3-6,13,16H,2,7-12,22H2,1H3;(H,6,7). The molecular formula is C22H26ClF3N2O5S. The van der Waals surface area contributed by atoms with Crippen LogP contribution in [0.4, 0.5) is 18.2 Å². The highest BCUT2D eigenvalue weighted by atomic mass is 35.5. The van der Waals surface area contributed by atoms with Crippen molar-refractivity contribution in [3.05, 3.63) is 51.4 Å². The van der Waals surface area contributed by atoms with Gasteiger partial charge in [0.25, 0.3) is 0 Å². The highest BCUT2D eigenvalue weighted by molar-refractivity contribution is 7.18. The Kier molecular flexibility index (Phi) is 10.6. The molecule has 2 aromatic rings. The zero-order valence-electron chi connectivity index (χ0n) is 18.4. The minimum Gasteiger partial charge on any atom is -0.475 e. The van der Waals surface area contributed by atoms with Crippen LogP contribution in [0.25, 0.3) is 0 Å². The molecule has 34 heavy (non-hydrogen) atoms. The van der Waals surface area contributed by atoms with Gasteiger partial charge in [-0.05, 0) is 49.2 Å². The monoisotopic (exact) mass is 522 g/mol. The Bertz CT molecular complexity index is 947. The van der Waals surface area contributed by atoms with Crippen molar-refractivity contribution in [1.82, 2.24) is 0 Å². The van der Waals surface area contributed by atoms with E-state index in [2.05, 4.69) is 11.0 Å². The number of esters is 1. The molecular weight excluding hydrogens is 497 g/mol. The Labute approximate surface area is 204 Å². The van der Waals surface area contributed by atoms with Gasteiger partial charge in [-0.25, -0.2) is 9.59 Å². The molecule has 188 valence electrons. The van der Waals surface area contributed by atoms with E-state index in [0.29, 0.717) is 36.3 Å². The normalized spacial score (nSPS) is 14.7. The first-order valence-corrected chi connectivity index (χ1v) is 11.7. The molecule has 7 nitrogen and oxygen atoms in total. The molecule has 0 spiro atoms. The summed E-state index contributed by atoms with van der Waals surface area (Å²) in [6, 6.07) is 9.88. The van der Waals surface area contributed by atoms with Crippen LogP contribution in [0.5, 0.6) is 0 Å². The molecule has 0 amide bonds. The third-order valence-electron chi connectivity index (χ3n) is 4.88. The van der Waals surface area contributed by atoms with Crippen molar-refractivity contribution in [2.24, 2.45) is 5.73 Å². The number of morpholine rings is 1. The summed E-state index contributed by atoms with van der Waals surface area (Å²) >= 11 is 7.55. The number of hydrogen-bond acceptors (Lipinski definition) is 7. The van der Waals surface area contributed by atoms with Crippen LogP contribution in [-0.2, 0) is 14.3 Å². The fourth-order valence-corrected chi connectivity index (χ4v) is 4.60. The lowest BCUT2D eigenvalue weighted by Gasteiger charge is -2.27. The number of carbonyl (C=O) groups excluding carboxylic acids is 1. The topological polar surface area (TPSA) is 102 Å². The third kappa shape index (κ3) is 7.86. The number of halogens is 4. The van der Waals surface area contributed by atoms with Crippen LogP contribution in [0.3, 0.4) is 0 Å². The molecule has 3 rings (SSSR count). The third-order valence-corrected chi connectivity index (χ3v) is 6.32. The molecule has 0 aliphatic carbocycles. The molecule has 2 heterocycles. The number of rotatable bonds is 7. The van der Waals surface area contributed by atoms with Gasteiger partial charge in [-0.15, -0.1) is 11.3 Å². The predicted molar refractivity (Wildman–Crippen MR) is 124 cm³/mol. The molecule has 0 saturated carbocycles. The minimum absolute atomic E-state index is 0.0257. The van der Waals surface area contributed by atoms with Crippen LogP contribution in [0.2, 0.25) is 5.02 Å². The highest BCUT2D eigenvalue weighted by Gasteiger charge is 2.38. The van der Waals surface area contributed by atoms with E-state index in [4.69, 9.17) is 36.7 Å². The van der Waals surface area contributed by atoms with Crippen LogP contribution in [0.15, 0.2) is 30.3 Å². The number of aliphatic carboxylic acids is 1. The molecule has 1 fully saturated rings. The number of carboxylic acids is 1. The van der Waals surface area contributed by atoms with Gasteiger partial charge in [0.05, 0.1) is 24.8 Å². The lowest BCUT2D eigenvalue weighted by Crippen LogP contribution is -2.35. The van der Waals surface area contributed by atoms with Gasteiger partial charge >= 0.3 is 18.1 Å². The number of hydrogen-bond donors (Lipinski definition) is 2. The number of nitrogens with zero attached hydrogens (tertiary/aromatic N) is 1. The molecule has 1 aromatic heterocycles. The van der Waals surface area contributed by atoms with E-state index in [9.17, 15) is 18.0 Å². The van der Waals surface area contributed by atoms with Crippen molar-refractivity contribution < 1.29 is 37.3 Å². The van der Waals surface area contributed by atoms with E-state index in [1.165, 1.54) is 11.3 Å². The average Bonchev–Trinajstić information content (AvgIpc) is 3.24. The molecule has 0 bridgehead atoms. The summed E-state index contributed by atoms with van der Waals surface area (Å²) in [7, 11) is 0. The lowest BCUT2D eigenvalue weighted by atomic mass is 9.88. The molecule has 1 aromatic carbocycles. The first-order chi connectivity index (χ1) is 16.1. The second-order valence-corrected chi connectivity index (χ2v) is 8.64. The molecule has 1 saturated heterocycles. The number of ether oxygens (including phenoxy) is 2. The van der Waals surface area contributed by atoms with E-state index >= 15 is 0 Å². The first-order valence-electron chi connectivity index (χ1n) is 10.5. The number of alkyl halides is 3. The quantitative estimate of drug-likeness (QED) is 0.515. The van der Waals surface area contributed by atoms with E-state index in [-0.39, 0.29) is 11.9 Å². The fraction of sp³-hybridized carbons (Fsp3) is 0.455. The number of thiophene rings is 1. The number of anilines is 1. The summed E-state index contributed by atoms with van der Waals surface area (Å²) in [6.45, 7) is 5.75. The zero-order valence-corrected chi connectivity index (χ0v) is 20.0. The first kappa shape index (κ1) is 27.9. The SMILES string of the molecule is CCOC(=O)c1sc(N2CCOCC2)cc1C(CCN)c1ccc(Cl)cc1.O=C(O)C(F)(F)F. The molecule has 1 aliphatic heterocycles. The summed E-state index contributed by atoms with van der Waals surface area (Å²) in [6.07, 6.45) is -4.34. The summed E-state index contributed by atoms with van der Waals surface area (Å²) in [5, 5.41) is 8.89. The van der Waals surface area contributed by atoms with Crippen molar-refractivity contribution in [3.8, 4) is 0 Å². The van der Waals surface area contributed by atoms with Gasteiger partial charge < -0.3 is 25.2 Å². The summed E-state index contributed by atoms with van der Waals surface area (Å²) in [5.41, 5.74) is 7.98. The largest absolute Gasteiger partial charge is 0.490 e.